The van der Waals surface area contributed by atoms with Gasteiger partial charge in [0.25, 0.3) is 0 Å². The van der Waals surface area contributed by atoms with Gasteiger partial charge >= 0.3 is 7.48 Å². The molecule has 0 unspecified atom stereocenters. The molecule has 6 heteroatoms. The number of hydrogen-bond acceptors (Lipinski definition) is 4. The molecule has 133 valence electrons. The van der Waals surface area contributed by atoms with Crippen molar-refractivity contribution >= 4 is 12.9 Å². The molecule has 1 heterocycles. The molecule has 1 fully saturated rings. The van der Waals surface area contributed by atoms with E-state index in [-0.39, 0.29) is 0 Å². The number of rotatable bonds is 8. The number of nitrogens with zero attached hydrogens (tertiary/aromatic N) is 1. The topological polar surface area (TPSA) is 53.8 Å². The highest BCUT2D eigenvalue weighted by Crippen LogP contribution is 2.24. The molecule has 1 saturated heterocycles. The molecule has 1 radical (unpaired) electrons. The molecule has 0 atom stereocenters. The molecule has 1 aromatic rings. The lowest BCUT2D eigenvalue weighted by Crippen LogP contribution is -2.49. The van der Waals surface area contributed by atoms with Crippen molar-refractivity contribution < 1.29 is 19.2 Å². The van der Waals surface area contributed by atoms with Crippen molar-refractivity contribution in [3.8, 4) is 5.75 Å². The second kappa shape index (κ2) is 8.34. The van der Waals surface area contributed by atoms with Crippen LogP contribution in [-0.2, 0) is 9.39 Å². The maximum absolute atomic E-state index is 8.15. The van der Waals surface area contributed by atoms with Crippen molar-refractivity contribution in [1.29, 1.82) is 0 Å². The van der Waals surface area contributed by atoms with E-state index in [4.69, 9.17) is 19.2 Å². The Morgan fingerprint density at radius 2 is 1.92 bits per heavy atom. The minimum absolute atomic E-state index is 0.569. The quantitative estimate of drug-likeness (QED) is 0.524. The second-order valence-electron chi connectivity index (χ2n) is 7.25. The Kier molecular flexibility index (Phi) is 6.69. The van der Waals surface area contributed by atoms with Gasteiger partial charge in [0.1, 0.15) is 18.0 Å². The molecule has 0 bridgehead atoms. The maximum atomic E-state index is 8.15. The molecule has 2 rings (SSSR count). The van der Waals surface area contributed by atoms with E-state index in [1.165, 1.54) is 0 Å². The van der Waals surface area contributed by atoms with Crippen LogP contribution in [0.1, 0.15) is 27.7 Å². The average Bonchev–Trinajstić information content (AvgIpc) is 2.53. The van der Waals surface area contributed by atoms with Gasteiger partial charge in [0.05, 0.1) is 13.2 Å². The average molecular weight is 335 g/mol. The molecule has 0 amide bonds. The second-order valence-corrected chi connectivity index (χ2v) is 7.25. The molecule has 0 aliphatic carbocycles. The Morgan fingerprint density at radius 1 is 1.21 bits per heavy atom. The molecule has 0 spiro atoms. The van der Waals surface area contributed by atoms with E-state index in [9.17, 15) is 0 Å². The zero-order valence-electron chi connectivity index (χ0n) is 15.3. The predicted octanol–water partition coefficient (Wildman–Crippen LogP) is 0.940. The van der Waals surface area contributed by atoms with Gasteiger partial charge in [0.15, 0.2) is 5.60 Å². The lowest BCUT2D eigenvalue weighted by Gasteiger charge is -2.33. The predicted molar refractivity (Wildman–Crippen MR) is 97.4 cm³/mol. The van der Waals surface area contributed by atoms with E-state index in [2.05, 4.69) is 4.90 Å². The summed E-state index contributed by atoms with van der Waals surface area (Å²) < 4.78 is 17.0. The molecular formula is C18H30BNO4+. The standard InChI is InChI=1S/C18H29BNO4/c1-17(2,21)18(3,4)24-19-15-6-5-7-16(14-15)23-13-10-20-8-11-22-12-9-20/h5-7,14,21H,8-13H2,1-4H3/p+1. The van der Waals surface area contributed by atoms with E-state index in [0.29, 0.717) is 6.61 Å². The first-order chi connectivity index (χ1) is 11.3. The van der Waals surface area contributed by atoms with Crippen molar-refractivity contribution in [3.63, 3.8) is 0 Å². The largest absolute Gasteiger partial charge is 0.492 e. The Hall–Kier alpha value is -1.08. The fourth-order valence-corrected chi connectivity index (χ4v) is 2.16. The van der Waals surface area contributed by atoms with Crippen LogP contribution in [0.2, 0.25) is 0 Å². The molecule has 0 aromatic heterocycles. The fourth-order valence-electron chi connectivity index (χ4n) is 2.16. The van der Waals surface area contributed by atoms with Crippen LogP contribution in [-0.4, -0.2) is 68.1 Å². The van der Waals surface area contributed by atoms with Crippen LogP contribution in [0.5, 0.6) is 5.75 Å². The number of benzene rings is 1. The lowest BCUT2D eigenvalue weighted by atomic mass is 9.82. The van der Waals surface area contributed by atoms with Gasteiger partial charge in [0, 0.05) is 33.5 Å². The van der Waals surface area contributed by atoms with Crippen LogP contribution < -0.4 is 10.2 Å². The summed E-state index contributed by atoms with van der Waals surface area (Å²) in [5, 5.41) is 8.15. The highest BCUT2D eigenvalue weighted by Gasteiger charge is 2.40. The summed E-state index contributed by atoms with van der Waals surface area (Å²) in [6, 6.07) is 7.85. The van der Waals surface area contributed by atoms with Crippen LogP contribution >= 0.6 is 0 Å². The Morgan fingerprint density at radius 3 is 2.58 bits per heavy atom. The zero-order valence-corrected chi connectivity index (χ0v) is 15.3. The summed E-state index contributed by atoms with van der Waals surface area (Å²) in [5.74, 6) is 0.837. The minimum Gasteiger partial charge on any atom is -0.492 e. The molecule has 2 N–H and O–H groups in total. The molecule has 24 heavy (non-hydrogen) atoms. The SMILES string of the molecule is CC(C)([OH2+])C(C)(C)O[B]c1cccc(OCCN2CCOCC2)c1. The third-order valence-corrected chi connectivity index (χ3v) is 4.63. The summed E-state index contributed by atoms with van der Waals surface area (Å²) in [4.78, 5) is 2.35. The van der Waals surface area contributed by atoms with Crippen molar-refractivity contribution in [2.75, 3.05) is 39.5 Å². The van der Waals surface area contributed by atoms with Crippen molar-refractivity contribution in [2.24, 2.45) is 0 Å². The van der Waals surface area contributed by atoms with Gasteiger partial charge in [-0.25, -0.2) is 0 Å². The first kappa shape index (κ1) is 19.3. The van der Waals surface area contributed by atoms with Crippen LogP contribution in [0.4, 0.5) is 0 Å². The van der Waals surface area contributed by atoms with Gasteiger partial charge in [0.2, 0.25) is 0 Å². The summed E-state index contributed by atoms with van der Waals surface area (Å²) in [7, 11) is 1.71. The summed E-state index contributed by atoms with van der Waals surface area (Å²) in [6.07, 6.45) is 0. The normalized spacial score (nSPS) is 16.9. The molecule has 0 saturated carbocycles. The van der Waals surface area contributed by atoms with Gasteiger partial charge < -0.3 is 19.2 Å². The molecule has 1 aromatic carbocycles. The first-order valence-electron chi connectivity index (χ1n) is 8.57. The van der Waals surface area contributed by atoms with Gasteiger partial charge in [-0.2, -0.15) is 0 Å². The maximum Gasteiger partial charge on any atom is 0.331 e. The summed E-state index contributed by atoms with van der Waals surface area (Å²) >= 11 is 0. The van der Waals surface area contributed by atoms with Gasteiger partial charge in [-0.3, -0.25) is 4.90 Å². The Balaban J connectivity index is 1.80. The van der Waals surface area contributed by atoms with E-state index in [0.717, 1.165) is 44.1 Å². The lowest BCUT2D eigenvalue weighted by molar-refractivity contribution is -0.0893. The van der Waals surface area contributed by atoms with Crippen LogP contribution in [0.15, 0.2) is 24.3 Å². The number of morpholine rings is 1. The molecule has 1 aliphatic heterocycles. The zero-order chi connectivity index (χ0) is 17.6. The Bertz CT molecular complexity index is 510. The van der Waals surface area contributed by atoms with E-state index >= 15 is 0 Å². The van der Waals surface area contributed by atoms with Gasteiger partial charge in [-0.1, -0.05) is 12.1 Å². The monoisotopic (exact) mass is 335 g/mol. The smallest absolute Gasteiger partial charge is 0.331 e. The Labute approximate surface area is 146 Å². The summed E-state index contributed by atoms with van der Waals surface area (Å²) in [6.45, 7) is 12.7. The van der Waals surface area contributed by atoms with Gasteiger partial charge in [-0.05, 0) is 31.4 Å². The fraction of sp³-hybridized carbons (Fsp3) is 0.667. The molecular weight excluding hydrogens is 305 g/mol. The molecule has 1 aliphatic rings. The number of hydrogen-bond donors (Lipinski definition) is 0. The third kappa shape index (κ3) is 5.78. The minimum atomic E-state index is -0.685. The van der Waals surface area contributed by atoms with Crippen LogP contribution in [0.25, 0.3) is 0 Å². The van der Waals surface area contributed by atoms with Gasteiger partial charge in [-0.15, -0.1) is 0 Å². The first-order valence-corrected chi connectivity index (χ1v) is 8.57. The van der Waals surface area contributed by atoms with E-state index in [1.807, 2.05) is 52.0 Å². The summed E-state index contributed by atoms with van der Waals surface area (Å²) in [5.41, 5.74) is -0.313. The molecule has 5 nitrogen and oxygen atoms in total. The van der Waals surface area contributed by atoms with Crippen LogP contribution in [0, 0.1) is 0 Å². The van der Waals surface area contributed by atoms with Crippen molar-refractivity contribution in [1.82, 2.24) is 4.90 Å². The van der Waals surface area contributed by atoms with Crippen molar-refractivity contribution in [3.05, 3.63) is 24.3 Å². The van der Waals surface area contributed by atoms with E-state index in [1.54, 1.807) is 7.48 Å². The third-order valence-electron chi connectivity index (χ3n) is 4.63. The highest BCUT2D eigenvalue weighted by atomic mass is 16.5. The van der Waals surface area contributed by atoms with E-state index < -0.39 is 11.2 Å². The number of ether oxygens (including phenoxy) is 2. The van der Waals surface area contributed by atoms with Crippen LogP contribution in [0.3, 0.4) is 0 Å². The highest BCUT2D eigenvalue weighted by molar-refractivity contribution is 6.47. The van der Waals surface area contributed by atoms with Crippen molar-refractivity contribution in [2.45, 2.75) is 38.9 Å².